The van der Waals surface area contributed by atoms with Crippen LogP contribution in [0.4, 0.5) is 0 Å². The molecular weight excluding hydrogens is 250 g/mol. The van der Waals surface area contributed by atoms with Crippen molar-refractivity contribution in [3.63, 3.8) is 0 Å². The number of fused-ring (bicyclic) bond motifs is 1. The molecule has 0 radical (unpaired) electrons. The average molecular weight is 273 g/mol. The molecule has 1 aromatic rings. The molecule has 2 rings (SSSR count). The second-order valence-electron chi connectivity index (χ2n) is 5.09. The third-order valence-electron chi connectivity index (χ3n) is 3.47. The van der Waals surface area contributed by atoms with E-state index in [0.717, 1.165) is 56.9 Å². The normalized spacial score (nSPS) is 15.2. The van der Waals surface area contributed by atoms with Crippen LogP contribution in [0.3, 0.4) is 0 Å². The number of unbranched alkanes of at least 4 members (excludes halogenated alkanes) is 2. The predicted molar refractivity (Wildman–Crippen MR) is 81.2 cm³/mol. The number of rotatable bonds is 6. The standard InChI is InChI=1S/C17H23NO2/c1-3-4-5-6-10-18-14(2)15-8-9-16-17(13-15)20-12-7-11-19-16/h1,8-9,13-14,18H,4-7,10-12H2,2H3. The molecule has 0 saturated heterocycles. The Bertz CT molecular complexity index is 465. The molecule has 0 saturated carbocycles. The molecule has 1 N–H and O–H groups in total. The monoisotopic (exact) mass is 273 g/mol. The van der Waals surface area contributed by atoms with Crippen molar-refractivity contribution >= 4 is 0 Å². The van der Waals surface area contributed by atoms with Crippen molar-refractivity contribution in [3.8, 4) is 23.8 Å². The molecule has 1 aliphatic rings. The Kier molecular flexibility index (Phi) is 5.76. The second-order valence-corrected chi connectivity index (χ2v) is 5.09. The molecule has 108 valence electrons. The SMILES string of the molecule is C#CCCCCNC(C)c1ccc2c(c1)OCCCO2. The van der Waals surface area contributed by atoms with Gasteiger partial charge in [-0.05, 0) is 44.0 Å². The van der Waals surface area contributed by atoms with Crippen LogP contribution in [0.25, 0.3) is 0 Å². The third-order valence-corrected chi connectivity index (χ3v) is 3.47. The first-order valence-corrected chi connectivity index (χ1v) is 7.37. The molecule has 20 heavy (non-hydrogen) atoms. The fraction of sp³-hybridized carbons (Fsp3) is 0.529. The van der Waals surface area contributed by atoms with E-state index in [1.54, 1.807) is 0 Å². The molecule has 1 aromatic carbocycles. The van der Waals surface area contributed by atoms with Crippen molar-refractivity contribution in [1.82, 2.24) is 5.32 Å². The summed E-state index contributed by atoms with van der Waals surface area (Å²) in [5.74, 6) is 4.39. The lowest BCUT2D eigenvalue weighted by Crippen LogP contribution is -2.19. The lowest BCUT2D eigenvalue weighted by Gasteiger charge is -2.16. The zero-order chi connectivity index (χ0) is 14.2. The van der Waals surface area contributed by atoms with Crippen LogP contribution in [0.2, 0.25) is 0 Å². The van der Waals surface area contributed by atoms with Crippen molar-refractivity contribution in [2.45, 2.75) is 38.6 Å². The number of benzene rings is 1. The first-order chi connectivity index (χ1) is 9.81. The molecule has 1 aliphatic heterocycles. The number of terminal acetylenes is 1. The summed E-state index contributed by atoms with van der Waals surface area (Å²) in [6.07, 6.45) is 9.23. The van der Waals surface area contributed by atoms with Gasteiger partial charge in [-0.25, -0.2) is 0 Å². The molecule has 0 spiro atoms. The van der Waals surface area contributed by atoms with Gasteiger partial charge in [-0.2, -0.15) is 0 Å². The number of ether oxygens (including phenoxy) is 2. The van der Waals surface area contributed by atoms with Crippen LogP contribution in [0, 0.1) is 12.3 Å². The van der Waals surface area contributed by atoms with Gasteiger partial charge in [0.15, 0.2) is 11.5 Å². The Balaban J connectivity index is 1.88. The van der Waals surface area contributed by atoms with E-state index in [2.05, 4.69) is 30.3 Å². The third kappa shape index (κ3) is 4.18. The summed E-state index contributed by atoms with van der Waals surface area (Å²) in [5, 5.41) is 3.52. The van der Waals surface area contributed by atoms with E-state index in [-0.39, 0.29) is 0 Å². The molecule has 1 heterocycles. The highest BCUT2D eigenvalue weighted by atomic mass is 16.5. The first kappa shape index (κ1) is 14.7. The maximum absolute atomic E-state index is 5.72. The quantitative estimate of drug-likeness (QED) is 0.637. The van der Waals surface area contributed by atoms with Crippen LogP contribution in [0.15, 0.2) is 18.2 Å². The maximum atomic E-state index is 5.72. The van der Waals surface area contributed by atoms with Gasteiger partial charge < -0.3 is 14.8 Å². The minimum absolute atomic E-state index is 0.304. The first-order valence-electron chi connectivity index (χ1n) is 7.37. The Morgan fingerprint density at radius 3 is 2.85 bits per heavy atom. The summed E-state index contributed by atoms with van der Waals surface area (Å²) >= 11 is 0. The summed E-state index contributed by atoms with van der Waals surface area (Å²) in [5.41, 5.74) is 1.23. The van der Waals surface area contributed by atoms with E-state index in [0.29, 0.717) is 6.04 Å². The van der Waals surface area contributed by atoms with E-state index in [9.17, 15) is 0 Å². The minimum Gasteiger partial charge on any atom is -0.490 e. The van der Waals surface area contributed by atoms with Gasteiger partial charge in [0.05, 0.1) is 13.2 Å². The molecule has 0 aliphatic carbocycles. The van der Waals surface area contributed by atoms with Gasteiger partial charge in [-0.15, -0.1) is 12.3 Å². The summed E-state index contributed by atoms with van der Waals surface area (Å²) < 4.78 is 11.4. The van der Waals surface area contributed by atoms with Gasteiger partial charge in [-0.1, -0.05) is 6.07 Å². The van der Waals surface area contributed by atoms with Crippen molar-refractivity contribution < 1.29 is 9.47 Å². The van der Waals surface area contributed by atoms with Gasteiger partial charge in [0.1, 0.15) is 0 Å². The molecule has 1 unspecified atom stereocenters. The zero-order valence-electron chi connectivity index (χ0n) is 12.2. The van der Waals surface area contributed by atoms with E-state index in [1.165, 1.54) is 5.56 Å². The molecule has 0 aromatic heterocycles. The molecule has 3 heteroatoms. The van der Waals surface area contributed by atoms with E-state index < -0.39 is 0 Å². The summed E-state index contributed by atoms with van der Waals surface area (Å²) in [6.45, 7) is 4.61. The van der Waals surface area contributed by atoms with Gasteiger partial charge in [0.25, 0.3) is 0 Å². The molecule has 0 fully saturated rings. The molecule has 0 bridgehead atoms. The molecule has 0 amide bonds. The topological polar surface area (TPSA) is 30.5 Å². The summed E-state index contributed by atoms with van der Waals surface area (Å²) in [7, 11) is 0. The number of nitrogens with one attached hydrogen (secondary N) is 1. The van der Waals surface area contributed by atoms with Crippen LogP contribution < -0.4 is 14.8 Å². The fourth-order valence-corrected chi connectivity index (χ4v) is 2.24. The highest BCUT2D eigenvalue weighted by Gasteiger charge is 2.13. The number of hydrogen-bond acceptors (Lipinski definition) is 3. The maximum Gasteiger partial charge on any atom is 0.161 e. The summed E-state index contributed by atoms with van der Waals surface area (Å²) in [4.78, 5) is 0. The largest absolute Gasteiger partial charge is 0.490 e. The van der Waals surface area contributed by atoms with Crippen molar-refractivity contribution in [3.05, 3.63) is 23.8 Å². The van der Waals surface area contributed by atoms with Crippen LogP contribution in [-0.2, 0) is 0 Å². The Morgan fingerprint density at radius 2 is 2.05 bits per heavy atom. The van der Waals surface area contributed by atoms with Gasteiger partial charge in [0.2, 0.25) is 0 Å². The van der Waals surface area contributed by atoms with E-state index in [1.807, 2.05) is 6.07 Å². The highest BCUT2D eigenvalue weighted by Crippen LogP contribution is 2.32. The van der Waals surface area contributed by atoms with Gasteiger partial charge in [0, 0.05) is 18.9 Å². The van der Waals surface area contributed by atoms with Crippen LogP contribution >= 0.6 is 0 Å². The summed E-state index contributed by atoms with van der Waals surface area (Å²) in [6, 6.07) is 6.50. The van der Waals surface area contributed by atoms with Gasteiger partial charge >= 0.3 is 0 Å². The lowest BCUT2D eigenvalue weighted by atomic mass is 10.1. The van der Waals surface area contributed by atoms with Crippen LogP contribution in [0.1, 0.15) is 44.2 Å². The molecule has 1 atom stereocenters. The Morgan fingerprint density at radius 1 is 1.25 bits per heavy atom. The van der Waals surface area contributed by atoms with E-state index >= 15 is 0 Å². The average Bonchev–Trinajstić information content (AvgIpc) is 2.71. The molecular formula is C17H23NO2. The predicted octanol–water partition coefficient (Wildman–Crippen LogP) is 3.30. The lowest BCUT2D eigenvalue weighted by molar-refractivity contribution is 0.297. The fourth-order valence-electron chi connectivity index (χ4n) is 2.24. The Hall–Kier alpha value is -1.66. The van der Waals surface area contributed by atoms with Crippen LogP contribution in [-0.4, -0.2) is 19.8 Å². The Labute approximate surface area is 121 Å². The van der Waals surface area contributed by atoms with Crippen molar-refractivity contribution in [1.29, 1.82) is 0 Å². The minimum atomic E-state index is 0.304. The highest BCUT2D eigenvalue weighted by molar-refractivity contribution is 5.44. The van der Waals surface area contributed by atoms with E-state index in [4.69, 9.17) is 15.9 Å². The number of hydrogen-bond donors (Lipinski definition) is 1. The zero-order valence-corrected chi connectivity index (χ0v) is 12.2. The van der Waals surface area contributed by atoms with Crippen molar-refractivity contribution in [2.24, 2.45) is 0 Å². The second kappa shape index (κ2) is 7.81. The smallest absolute Gasteiger partial charge is 0.161 e. The van der Waals surface area contributed by atoms with Crippen molar-refractivity contribution in [2.75, 3.05) is 19.8 Å². The van der Waals surface area contributed by atoms with Crippen LogP contribution in [0.5, 0.6) is 11.5 Å². The van der Waals surface area contributed by atoms with Gasteiger partial charge in [-0.3, -0.25) is 0 Å². The molecule has 3 nitrogen and oxygen atoms in total.